The lowest BCUT2D eigenvalue weighted by molar-refractivity contribution is -0.151. The van der Waals surface area contributed by atoms with Crippen LogP contribution in [0.5, 0.6) is 0 Å². The minimum absolute atomic E-state index is 0.0147. The van der Waals surface area contributed by atoms with Crippen LogP contribution in [0.3, 0.4) is 0 Å². The van der Waals surface area contributed by atoms with Gasteiger partial charge in [-0.2, -0.15) is 0 Å². The molecule has 1 aromatic carbocycles. The number of esters is 1. The van der Waals surface area contributed by atoms with Crippen LogP contribution in [-0.2, 0) is 25.7 Å². The Bertz CT molecular complexity index is 528. The lowest BCUT2D eigenvalue weighted by atomic mass is 10.2. The van der Waals surface area contributed by atoms with E-state index in [9.17, 15) is 14.4 Å². The van der Waals surface area contributed by atoms with Gasteiger partial charge < -0.3 is 19.9 Å². The van der Waals surface area contributed by atoms with Crippen LogP contribution in [0.15, 0.2) is 43.0 Å². The largest absolute Gasteiger partial charge is 0.481 e. The van der Waals surface area contributed by atoms with Crippen molar-refractivity contribution in [2.75, 3.05) is 6.61 Å². The van der Waals surface area contributed by atoms with Crippen LogP contribution in [0.1, 0.15) is 12.0 Å². The normalized spacial score (nSPS) is 11.1. The number of alkyl carbamates (subject to hydrolysis) is 1. The molecule has 0 aliphatic carbocycles. The summed E-state index contributed by atoms with van der Waals surface area (Å²) in [6.45, 7) is 3.30. The quantitative estimate of drug-likeness (QED) is 0.557. The zero-order valence-corrected chi connectivity index (χ0v) is 11.9. The second kappa shape index (κ2) is 9.17. The first-order valence-electron chi connectivity index (χ1n) is 6.49. The van der Waals surface area contributed by atoms with Gasteiger partial charge in [0.1, 0.15) is 19.3 Å². The van der Waals surface area contributed by atoms with Gasteiger partial charge in [0.25, 0.3) is 0 Å². The fourth-order valence-electron chi connectivity index (χ4n) is 1.52. The number of ether oxygens (including phenoxy) is 2. The molecule has 7 heteroatoms. The number of hydrogen-bond donors (Lipinski definition) is 2. The van der Waals surface area contributed by atoms with Crippen molar-refractivity contribution in [3.05, 3.63) is 48.6 Å². The smallest absolute Gasteiger partial charge is 0.408 e. The van der Waals surface area contributed by atoms with Crippen molar-refractivity contribution < 1.29 is 29.0 Å². The Morgan fingerprint density at radius 1 is 1.23 bits per heavy atom. The Morgan fingerprint density at radius 2 is 1.91 bits per heavy atom. The van der Waals surface area contributed by atoms with Crippen LogP contribution < -0.4 is 5.32 Å². The van der Waals surface area contributed by atoms with E-state index in [0.29, 0.717) is 0 Å². The average molecular weight is 307 g/mol. The van der Waals surface area contributed by atoms with E-state index in [0.717, 1.165) is 5.56 Å². The van der Waals surface area contributed by atoms with Gasteiger partial charge in [0.2, 0.25) is 0 Å². The minimum Gasteiger partial charge on any atom is -0.481 e. The summed E-state index contributed by atoms with van der Waals surface area (Å²) in [4.78, 5) is 34.0. The molecular weight excluding hydrogens is 290 g/mol. The van der Waals surface area contributed by atoms with Gasteiger partial charge in [-0.05, 0) is 5.56 Å². The van der Waals surface area contributed by atoms with E-state index < -0.39 is 30.5 Å². The molecule has 0 unspecified atom stereocenters. The fraction of sp³-hybridized carbons (Fsp3) is 0.267. The van der Waals surface area contributed by atoms with Crippen LogP contribution >= 0.6 is 0 Å². The highest BCUT2D eigenvalue weighted by Crippen LogP contribution is 2.04. The van der Waals surface area contributed by atoms with Crippen molar-refractivity contribution in [3.8, 4) is 0 Å². The maximum absolute atomic E-state index is 11.9. The predicted molar refractivity (Wildman–Crippen MR) is 77.0 cm³/mol. The molecule has 0 spiro atoms. The van der Waals surface area contributed by atoms with Crippen LogP contribution in [0.4, 0.5) is 4.79 Å². The van der Waals surface area contributed by atoms with Gasteiger partial charge in [0.05, 0.1) is 6.42 Å². The van der Waals surface area contributed by atoms with Gasteiger partial charge in [-0.3, -0.25) is 4.79 Å². The first-order valence-corrected chi connectivity index (χ1v) is 6.49. The van der Waals surface area contributed by atoms with Gasteiger partial charge in [0.15, 0.2) is 0 Å². The Balaban J connectivity index is 2.57. The first-order chi connectivity index (χ1) is 10.5. The second-order valence-electron chi connectivity index (χ2n) is 4.28. The molecule has 0 fully saturated rings. The maximum Gasteiger partial charge on any atom is 0.408 e. The third-order valence-electron chi connectivity index (χ3n) is 2.51. The average Bonchev–Trinajstić information content (AvgIpc) is 2.50. The van der Waals surface area contributed by atoms with Gasteiger partial charge >= 0.3 is 18.0 Å². The molecular formula is C15H17NO6. The summed E-state index contributed by atoms with van der Waals surface area (Å²) in [5.74, 6) is -2.09. The highest BCUT2D eigenvalue weighted by atomic mass is 16.6. The highest BCUT2D eigenvalue weighted by molar-refractivity contribution is 5.85. The number of amides is 1. The summed E-state index contributed by atoms with van der Waals surface area (Å²) >= 11 is 0. The molecule has 0 aliphatic rings. The lowest BCUT2D eigenvalue weighted by Crippen LogP contribution is -2.43. The summed E-state index contributed by atoms with van der Waals surface area (Å²) in [6.07, 6.45) is -0.168. The Hall–Kier alpha value is -2.83. The maximum atomic E-state index is 11.9. The predicted octanol–water partition coefficient (Wildman–Crippen LogP) is 1.49. The third kappa shape index (κ3) is 6.56. The van der Waals surface area contributed by atoms with Crippen molar-refractivity contribution in [1.82, 2.24) is 5.32 Å². The Morgan fingerprint density at radius 3 is 2.50 bits per heavy atom. The number of aliphatic carboxylic acids is 1. The first kappa shape index (κ1) is 17.2. The molecule has 1 rings (SSSR count). The second-order valence-corrected chi connectivity index (χ2v) is 4.28. The van der Waals surface area contributed by atoms with E-state index in [1.807, 2.05) is 6.07 Å². The summed E-state index contributed by atoms with van der Waals surface area (Å²) in [7, 11) is 0. The Kier molecular flexibility index (Phi) is 7.18. The summed E-state index contributed by atoms with van der Waals surface area (Å²) < 4.78 is 9.65. The molecule has 118 valence electrons. The van der Waals surface area contributed by atoms with E-state index in [4.69, 9.17) is 9.84 Å². The van der Waals surface area contributed by atoms with Crippen LogP contribution in [0.2, 0.25) is 0 Å². The molecule has 1 atom stereocenters. The topological polar surface area (TPSA) is 102 Å². The molecule has 0 saturated carbocycles. The van der Waals surface area contributed by atoms with Crippen LogP contribution in [0.25, 0.3) is 0 Å². The number of nitrogens with one attached hydrogen (secondary N) is 1. The van der Waals surface area contributed by atoms with Gasteiger partial charge in [-0.25, -0.2) is 9.59 Å². The summed E-state index contributed by atoms with van der Waals surface area (Å²) in [5.41, 5.74) is 0.749. The molecule has 0 radical (unpaired) electrons. The standard InChI is InChI=1S/C15H17NO6/c1-2-8-21-15(20)16-12(9-13(17)18)14(19)22-10-11-6-4-3-5-7-11/h2-7,12H,1,8-10H2,(H,16,20)(H,17,18)/t12-/m1/s1. The van der Waals surface area contributed by atoms with Gasteiger partial charge in [-0.15, -0.1) is 0 Å². The molecule has 0 bridgehead atoms. The molecule has 0 heterocycles. The van der Waals surface area contributed by atoms with E-state index in [1.165, 1.54) is 6.08 Å². The molecule has 7 nitrogen and oxygen atoms in total. The van der Waals surface area contributed by atoms with Crippen molar-refractivity contribution in [2.45, 2.75) is 19.1 Å². The van der Waals surface area contributed by atoms with Gasteiger partial charge in [-0.1, -0.05) is 43.0 Å². The van der Waals surface area contributed by atoms with E-state index in [-0.39, 0.29) is 13.2 Å². The van der Waals surface area contributed by atoms with Crippen molar-refractivity contribution in [1.29, 1.82) is 0 Å². The lowest BCUT2D eigenvalue weighted by Gasteiger charge is -2.15. The summed E-state index contributed by atoms with van der Waals surface area (Å²) in [6, 6.07) is 7.57. The number of carboxylic acid groups (broad SMARTS) is 1. The zero-order valence-electron chi connectivity index (χ0n) is 11.9. The van der Waals surface area contributed by atoms with Crippen molar-refractivity contribution in [2.24, 2.45) is 0 Å². The monoisotopic (exact) mass is 307 g/mol. The highest BCUT2D eigenvalue weighted by Gasteiger charge is 2.25. The number of carboxylic acids is 1. The van der Waals surface area contributed by atoms with E-state index in [2.05, 4.69) is 16.6 Å². The van der Waals surface area contributed by atoms with Crippen molar-refractivity contribution >= 4 is 18.0 Å². The number of benzene rings is 1. The molecule has 1 amide bonds. The van der Waals surface area contributed by atoms with Gasteiger partial charge in [0, 0.05) is 0 Å². The molecule has 22 heavy (non-hydrogen) atoms. The van der Waals surface area contributed by atoms with Crippen molar-refractivity contribution in [3.63, 3.8) is 0 Å². The molecule has 0 aliphatic heterocycles. The third-order valence-corrected chi connectivity index (χ3v) is 2.51. The molecule has 0 aromatic heterocycles. The van der Waals surface area contributed by atoms with E-state index >= 15 is 0 Å². The summed E-state index contributed by atoms with van der Waals surface area (Å²) in [5, 5.41) is 10.9. The molecule has 1 aromatic rings. The zero-order chi connectivity index (χ0) is 16.4. The number of carbonyl (C=O) groups is 3. The SMILES string of the molecule is C=CCOC(=O)N[C@H](CC(=O)O)C(=O)OCc1ccccc1. The molecule has 0 saturated heterocycles. The number of hydrogen-bond acceptors (Lipinski definition) is 5. The van der Waals surface area contributed by atoms with E-state index in [1.54, 1.807) is 24.3 Å². The van der Waals surface area contributed by atoms with Crippen LogP contribution in [0, 0.1) is 0 Å². The molecule has 2 N–H and O–H groups in total. The number of rotatable bonds is 8. The minimum atomic E-state index is -1.32. The Labute approximate surface area is 127 Å². The fourth-order valence-corrected chi connectivity index (χ4v) is 1.52. The van der Waals surface area contributed by atoms with Crippen LogP contribution in [-0.4, -0.2) is 35.8 Å². The number of carbonyl (C=O) groups excluding carboxylic acids is 2.